The van der Waals surface area contributed by atoms with E-state index in [1.807, 2.05) is 9.80 Å². The lowest BCUT2D eigenvalue weighted by Crippen LogP contribution is -2.41. The molecule has 0 saturated heterocycles. The van der Waals surface area contributed by atoms with Crippen molar-refractivity contribution >= 4 is 96.0 Å². The van der Waals surface area contributed by atoms with Crippen LogP contribution in [0.15, 0.2) is 0 Å². The summed E-state index contributed by atoms with van der Waals surface area (Å²) in [5.41, 5.74) is -12.6. The number of amides is 4. The Labute approximate surface area is 687 Å². The van der Waals surface area contributed by atoms with Crippen LogP contribution in [-0.2, 0) is 114 Å². The number of Topliss-reactive ketones (excluding diaryl/α,β-unsaturated/α-hetero) is 4. The number of hydrogen-bond donors (Lipinski definition) is 8. The molecule has 0 aliphatic rings. The molecule has 0 radical (unpaired) electrons. The van der Waals surface area contributed by atoms with E-state index in [-0.39, 0.29) is 52.6 Å². The lowest BCUT2D eigenvalue weighted by atomic mass is 9.88. The minimum atomic E-state index is -1.60. The number of ketones is 4. The Morgan fingerprint density at radius 2 is 0.390 bits per heavy atom. The summed E-state index contributed by atoms with van der Waals surface area (Å²) in [6.07, 6.45) is -6.39. The average Bonchev–Trinajstić information content (AvgIpc) is 0.875. The Morgan fingerprint density at radius 1 is 0.237 bits per heavy atom. The number of carbonyl (C=O) groups excluding carboxylic acids is 16. The van der Waals surface area contributed by atoms with Crippen molar-refractivity contribution in [1.29, 1.82) is 0 Å². The number of nitrogens with zero attached hydrogens (tertiary/aromatic N) is 2. The van der Waals surface area contributed by atoms with Crippen molar-refractivity contribution in [1.82, 2.24) is 31.1 Å². The monoisotopic (exact) mass is 1700 g/mol. The molecule has 0 aliphatic carbocycles. The van der Waals surface area contributed by atoms with Crippen molar-refractivity contribution in [3.63, 3.8) is 0 Å². The van der Waals surface area contributed by atoms with Gasteiger partial charge in [0.25, 0.3) is 0 Å². The summed E-state index contributed by atoms with van der Waals surface area (Å²) in [6.45, 7) is 14.4. The van der Waals surface area contributed by atoms with E-state index in [9.17, 15) is 97.1 Å². The van der Waals surface area contributed by atoms with Gasteiger partial charge in [0.15, 0.2) is 0 Å². The lowest BCUT2D eigenvalue weighted by Gasteiger charge is -2.27. The molecule has 0 heterocycles. The van der Waals surface area contributed by atoms with E-state index in [1.165, 1.54) is 83.1 Å². The van der Waals surface area contributed by atoms with Gasteiger partial charge in [-0.2, -0.15) is 0 Å². The third-order valence-corrected chi connectivity index (χ3v) is 18.9. The van der Waals surface area contributed by atoms with Crippen molar-refractivity contribution in [2.75, 3.05) is 198 Å². The second kappa shape index (κ2) is 55.3. The minimum absolute atomic E-state index is 0.000248. The second-order valence-corrected chi connectivity index (χ2v) is 30.4. The van der Waals surface area contributed by atoms with E-state index < -0.39 is 245 Å². The zero-order chi connectivity index (χ0) is 90.0. The number of ether oxygens (including phenoxy) is 16. The zero-order valence-electron chi connectivity index (χ0n) is 71.2. The van der Waals surface area contributed by atoms with Gasteiger partial charge in [-0.25, -0.2) is 38.4 Å². The number of esters is 4. The maximum absolute atomic E-state index is 13.1. The summed E-state index contributed by atoms with van der Waals surface area (Å²) in [4.78, 5) is 207. The number of hydrogen-bond acceptors (Lipinski definition) is 38. The molecular formula is C76H128N6O36. The summed E-state index contributed by atoms with van der Waals surface area (Å²) in [5, 5.41) is 49.6. The number of carbonyl (C=O) groups is 16. The largest absolute Gasteiger partial charge is 0.508 e. The van der Waals surface area contributed by atoms with Gasteiger partial charge < -0.3 is 127 Å². The molecule has 4 amide bonds. The zero-order valence-corrected chi connectivity index (χ0v) is 71.2. The van der Waals surface area contributed by atoms with E-state index >= 15 is 0 Å². The minimum Gasteiger partial charge on any atom is -0.465 e. The predicted octanol–water partition coefficient (Wildman–Crippen LogP) is 4.08. The van der Waals surface area contributed by atoms with Gasteiger partial charge in [0.1, 0.15) is 124 Å². The van der Waals surface area contributed by atoms with Gasteiger partial charge in [-0.3, -0.25) is 38.4 Å². The molecule has 0 aromatic rings. The Bertz CT molecular complexity index is 2830. The molecule has 0 bridgehead atoms. The molecule has 8 N–H and O–H groups in total. The van der Waals surface area contributed by atoms with Crippen molar-refractivity contribution in [2.24, 2.45) is 43.3 Å². The standard InChI is InChI=1S/C76H128N6O36/c1-17-103-57(91)69(9,37-83)41-111-65(99)115-49-73(13,53(5)87)45-107-61(95)77-27-23-33-81(34-24-28-78-62(96)108-46-74(14,54(6)88)50-116-66(100)112-42-70(10,38-84)58(92)104-18-2)31-21-22-32-82(35-25-29-79-63(97)109-47-75(15,55(7)89)51-117-67(101)113-43-71(11,39-85)59(93)105-19-3)36-26-30-80-64(98)110-48-76(16,56(8)90)52-118-68(102)114-44-72(12,40-86)60(94)106-20-4/h83-86H,17-52H2,1-16H3,(H,77,95)(H,78,96)(H,79,97)(H,80,98). The van der Waals surface area contributed by atoms with Crippen molar-refractivity contribution < 1.29 is 173 Å². The van der Waals surface area contributed by atoms with E-state index in [4.69, 9.17) is 75.8 Å². The van der Waals surface area contributed by atoms with Gasteiger partial charge in [-0.15, -0.1) is 0 Å². The van der Waals surface area contributed by atoms with Gasteiger partial charge in [0.2, 0.25) is 0 Å². The fraction of sp³-hybridized carbons (Fsp3) is 0.789. The van der Waals surface area contributed by atoms with Crippen LogP contribution in [0, 0.1) is 43.3 Å². The highest BCUT2D eigenvalue weighted by atomic mass is 16.7. The molecule has 678 valence electrons. The highest BCUT2D eigenvalue weighted by Gasteiger charge is 2.43. The van der Waals surface area contributed by atoms with Crippen LogP contribution >= 0.6 is 0 Å². The first-order chi connectivity index (χ1) is 55.3. The molecule has 42 nitrogen and oxygen atoms in total. The third-order valence-electron chi connectivity index (χ3n) is 18.9. The fourth-order valence-corrected chi connectivity index (χ4v) is 9.21. The Kier molecular flexibility index (Phi) is 50.8. The molecule has 0 aliphatic heterocycles. The number of aliphatic hydroxyl groups excluding tert-OH is 4. The van der Waals surface area contributed by atoms with E-state index in [0.29, 0.717) is 77.8 Å². The van der Waals surface area contributed by atoms with Crippen LogP contribution < -0.4 is 21.3 Å². The lowest BCUT2D eigenvalue weighted by molar-refractivity contribution is -0.161. The Hall–Kier alpha value is -9.52. The van der Waals surface area contributed by atoms with Crippen LogP contribution in [-0.4, -0.2) is 324 Å². The number of unbranched alkanes of at least 4 members (excludes halogenated alkanes) is 1. The van der Waals surface area contributed by atoms with E-state index in [0.717, 1.165) is 0 Å². The summed E-state index contributed by atoms with van der Waals surface area (Å²) >= 11 is 0. The van der Waals surface area contributed by atoms with Gasteiger partial charge in [-0.1, -0.05) is 0 Å². The van der Waals surface area contributed by atoms with Gasteiger partial charge >= 0.3 is 72.9 Å². The number of aliphatic hydroxyl groups is 4. The SMILES string of the molecule is CCOC(=O)C(C)(CO)COC(=O)OCC(C)(COC(=O)NCCCN(CCCCN(CCCNC(=O)OCC(C)(COC(=O)OCC(C)(CO)C(=O)OCC)C(C)=O)CCCNC(=O)OCC(C)(COC(=O)OCC(C)(CO)C(=O)OCC)C(C)=O)CCCNC(=O)OCC(C)(COC(=O)OCC(C)(CO)C(=O)OCC)C(C)=O)C(C)=O. The molecule has 8 unspecified atom stereocenters. The Morgan fingerprint density at radius 3 is 0.542 bits per heavy atom. The molecule has 8 atom stereocenters. The summed E-state index contributed by atoms with van der Waals surface area (Å²) in [7, 11) is 0. The molecule has 0 aromatic heterocycles. The third kappa shape index (κ3) is 41.2. The number of nitrogens with one attached hydrogen (secondary N) is 4. The van der Waals surface area contributed by atoms with Crippen molar-refractivity contribution in [2.45, 2.75) is 149 Å². The molecule has 0 spiro atoms. The predicted molar refractivity (Wildman–Crippen MR) is 410 cm³/mol. The van der Waals surface area contributed by atoms with Gasteiger partial charge in [0, 0.05) is 26.2 Å². The molecule has 0 saturated carbocycles. The first-order valence-corrected chi connectivity index (χ1v) is 38.7. The Balaban J connectivity index is 6.58. The molecule has 42 heteroatoms. The van der Waals surface area contributed by atoms with Crippen molar-refractivity contribution in [3.8, 4) is 0 Å². The quantitative estimate of drug-likeness (QED) is 0.0242. The maximum Gasteiger partial charge on any atom is 0.508 e. The van der Waals surface area contributed by atoms with Gasteiger partial charge in [-0.05, 0) is 189 Å². The van der Waals surface area contributed by atoms with E-state index in [2.05, 4.69) is 21.3 Å². The first-order valence-electron chi connectivity index (χ1n) is 38.7. The maximum atomic E-state index is 13.1. The van der Waals surface area contributed by atoms with Crippen molar-refractivity contribution in [3.05, 3.63) is 0 Å². The number of rotatable bonds is 61. The molecule has 0 aromatic carbocycles. The van der Waals surface area contributed by atoms with Crippen LogP contribution in [0.5, 0.6) is 0 Å². The molecule has 0 rings (SSSR count). The molecular weight excluding hydrogens is 1570 g/mol. The van der Waals surface area contributed by atoms with Crippen LogP contribution in [0.25, 0.3) is 0 Å². The highest BCUT2D eigenvalue weighted by Crippen LogP contribution is 2.27. The molecule has 0 fully saturated rings. The smallest absolute Gasteiger partial charge is 0.465 e. The summed E-state index contributed by atoms with van der Waals surface area (Å²) in [5.74, 6) is -5.39. The fourth-order valence-electron chi connectivity index (χ4n) is 9.21. The van der Waals surface area contributed by atoms with Crippen LogP contribution in [0.3, 0.4) is 0 Å². The topological polar surface area (TPSA) is 556 Å². The number of alkyl carbamates (subject to hydrolysis) is 4. The van der Waals surface area contributed by atoms with Crippen LogP contribution in [0.4, 0.5) is 38.4 Å². The van der Waals surface area contributed by atoms with E-state index in [1.54, 1.807) is 27.7 Å². The molecule has 118 heavy (non-hydrogen) atoms. The van der Waals surface area contributed by atoms with Crippen LogP contribution in [0.2, 0.25) is 0 Å². The second-order valence-electron chi connectivity index (χ2n) is 30.4. The summed E-state index contributed by atoms with van der Waals surface area (Å²) in [6, 6.07) is 0. The van der Waals surface area contributed by atoms with Crippen LogP contribution in [0.1, 0.15) is 149 Å². The van der Waals surface area contributed by atoms with Gasteiger partial charge in [0.05, 0.1) is 74.5 Å². The average molecular weight is 1700 g/mol. The highest BCUT2D eigenvalue weighted by molar-refractivity contribution is 5.85. The first kappa shape index (κ1) is 108. The normalized spacial score (nSPS) is 15.2. The summed E-state index contributed by atoms with van der Waals surface area (Å²) < 4.78 is 82.0.